The lowest BCUT2D eigenvalue weighted by atomic mass is 10.4. The number of thiophene rings is 1. The first-order valence-electron chi connectivity index (χ1n) is 23.0. The van der Waals surface area contributed by atoms with Gasteiger partial charge in [0.05, 0.1) is 42.3 Å². The molecule has 13 heterocycles. The molecule has 0 spiro atoms. The van der Waals surface area contributed by atoms with E-state index in [1.54, 1.807) is 92.7 Å². The summed E-state index contributed by atoms with van der Waals surface area (Å²) < 4.78 is 34.7. The zero-order chi connectivity index (χ0) is 57.3. The molecular formula is C51H67N17O6S4. The largest absolute Gasteiger partial charge is 0.472 e. The molecule has 0 amide bonds. The monoisotopic (exact) mass is 1140 g/mol. The Morgan fingerprint density at radius 2 is 1.37 bits per heavy atom. The Labute approximate surface area is 469 Å². The van der Waals surface area contributed by atoms with Gasteiger partial charge >= 0.3 is 0 Å². The fourth-order valence-corrected chi connectivity index (χ4v) is 5.73. The molecule has 13 rings (SSSR count). The number of oxazole rings is 1. The first-order valence-corrected chi connectivity index (χ1v) is 26.5. The van der Waals surface area contributed by atoms with E-state index in [1.165, 1.54) is 69.9 Å². The molecule has 0 aromatic carbocycles. The van der Waals surface area contributed by atoms with Gasteiger partial charge in [0.25, 0.3) is 0 Å². The first-order chi connectivity index (χ1) is 37.6. The van der Waals surface area contributed by atoms with E-state index < -0.39 is 0 Å². The van der Waals surface area contributed by atoms with E-state index in [2.05, 4.69) is 138 Å². The van der Waals surface area contributed by atoms with Crippen LogP contribution in [0.4, 0.5) is 0 Å². The zero-order valence-corrected chi connectivity index (χ0v) is 49.0. The molecule has 0 radical (unpaired) electrons. The molecule has 416 valence electrons. The predicted octanol–water partition coefficient (Wildman–Crippen LogP) is 13.3. The highest BCUT2D eigenvalue weighted by molar-refractivity contribution is 7.08. The van der Waals surface area contributed by atoms with Gasteiger partial charge in [0, 0.05) is 76.2 Å². The van der Waals surface area contributed by atoms with Crippen LogP contribution in [0.3, 0.4) is 0 Å². The van der Waals surface area contributed by atoms with Crippen LogP contribution in [0.15, 0.2) is 178 Å². The molecular weight excluding hydrogens is 1070 g/mol. The van der Waals surface area contributed by atoms with Crippen molar-refractivity contribution in [3.63, 3.8) is 0 Å². The SMILES string of the molecule is Cc1cc[nH]c1.Cc1ccn[nH]1.Cc1ccoc1.Cc1ccsc1.Cc1cn[nH]c1.Cc1cnno1.Cc1cnoc1.Cc1cnsc1.Cc1cocn1.Cc1conn1.Cc1cscn1.Cc1ncno1.Cc1ncns1. The second-order valence-electron chi connectivity index (χ2n) is 15.2. The number of aromatic amines is 3. The minimum absolute atomic E-state index is 0.606. The third-order valence-electron chi connectivity index (χ3n) is 7.46. The summed E-state index contributed by atoms with van der Waals surface area (Å²) in [6.45, 7) is 25.2. The lowest BCUT2D eigenvalue weighted by Crippen LogP contribution is -1.65. The fourth-order valence-electron chi connectivity index (χ4n) is 3.66. The van der Waals surface area contributed by atoms with Gasteiger partial charge in [-0.2, -0.15) is 30.9 Å². The van der Waals surface area contributed by atoms with Crippen molar-refractivity contribution in [2.75, 3.05) is 0 Å². The standard InChI is InChI=1S/C5H7N.C5H6O.C5H6S.2C4H6N2.2C4H5NO.2C4H5NS.3C3H4N2O.C3H4N2S/c3*1-5-2-3-6-4-5;1-4-2-5-6-3-4;1-4-2-3-5-6-4;1-4-2-6-3-5-4;1-4-2-5-6-3-4;1-4-2-6-3-5-4;1-4-2-5-6-3-4;1-3-4-2-5-6-3;1-3-2-6-5-4-3;1-3-2-4-5-6-3;1-3-4-2-5-6-3/h2-4,6H,1H3;2*2-4H,1H3;2*2-3H,1H3,(H,5,6);4*2-3H,1H3;4*2H,1H3. The Kier molecular flexibility index (Phi) is 39.5. The van der Waals surface area contributed by atoms with Crippen molar-refractivity contribution < 1.29 is 26.9 Å². The maximum atomic E-state index is 4.71. The highest BCUT2D eigenvalue weighted by Gasteiger charge is 1.84. The van der Waals surface area contributed by atoms with Crippen LogP contribution in [0.25, 0.3) is 0 Å². The van der Waals surface area contributed by atoms with Gasteiger partial charge in [-0.05, 0) is 169 Å². The lowest BCUT2D eigenvalue weighted by molar-refractivity contribution is 0.374. The number of aromatic nitrogens is 17. The number of rotatable bonds is 0. The Morgan fingerprint density at radius 1 is 0.538 bits per heavy atom. The summed E-state index contributed by atoms with van der Waals surface area (Å²) >= 11 is 6.27. The van der Waals surface area contributed by atoms with Gasteiger partial charge < -0.3 is 31.9 Å². The number of aryl methyl sites for hydroxylation is 13. The maximum Gasteiger partial charge on any atom is 0.223 e. The summed E-state index contributed by atoms with van der Waals surface area (Å²) in [7, 11) is 0. The van der Waals surface area contributed by atoms with E-state index in [4.69, 9.17) is 4.42 Å². The quantitative estimate of drug-likeness (QED) is 0.127. The smallest absolute Gasteiger partial charge is 0.223 e. The molecule has 0 aliphatic rings. The van der Waals surface area contributed by atoms with Crippen molar-refractivity contribution in [2.24, 2.45) is 0 Å². The molecule has 13 aromatic heterocycles. The summed E-state index contributed by atoms with van der Waals surface area (Å²) in [5.74, 6) is 1.35. The maximum absolute atomic E-state index is 4.71. The van der Waals surface area contributed by atoms with Crippen LogP contribution in [0.5, 0.6) is 0 Å². The topological polar surface area (TPSA) is 307 Å². The van der Waals surface area contributed by atoms with Crippen LogP contribution in [0, 0.1) is 90.0 Å². The lowest BCUT2D eigenvalue weighted by Gasteiger charge is -1.68. The normalized spacial score (nSPS) is 8.83. The van der Waals surface area contributed by atoms with Gasteiger partial charge in [0.1, 0.15) is 35.8 Å². The number of hydrogen-bond donors (Lipinski definition) is 3. The summed E-state index contributed by atoms with van der Waals surface area (Å²) in [5.41, 5.74) is 13.1. The number of nitrogens with zero attached hydrogens (tertiary/aromatic N) is 14. The second-order valence-corrected chi connectivity index (χ2v) is 18.3. The Bertz CT molecular complexity index is 2230. The molecule has 0 aliphatic heterocycles. The summed E-state index contributed by atoms with van der Waals surface area (Å²) in [6, 6.07) is 7.96. The van der Waals surface area contributed by atoms with E-state index in [-0.39, 0.29) is 0 Å². The van der Waals surface area contributed by atoms with Crippen LogP contribution in [-0.2, 0) is 0 Å². The van der Waals surface area contributed by atoms with Crippen molar-refractivity contribution in [3.05, 3.63) is 224 Å². The first kappa shape index (κ1) is 67.4. The third-order valence-corrected chi connectivity index (χ3v) is 10.2. The molecule has 27 heteroatoms. The van der Waals surface area contributed by atoms with Crippen molar-refractivity contribution >= 4 is 45.7 Å². The molecule has 0 saturated heterocycles. The van der Waals surface area contributed by atoms with Gasteiger partial charge in [-0.1, -0.05) is 10.3 Å². The van der Waals surface area contributed by atoms with Crippen molar-refractivity contribution in [3.8, 4) is 0 Å². The van der Waals surface area contributed by atoms with Crippen LogP contribution in [-0.4, -0.2) is 85.1 Å². The Hall–Kier alpha value is -8.66. The van der Waals surface area contributed by atoms with Gasteiger partial charge in [-0.3, -0.25) is 15.2 Å². The van der Waals surface area contributed by atoms with E-state index in [0.717, 1.165) is 39.1 Å². The van der Waals surface area contributed by atoms with Crippen LogP contribution >= 0.6 is 45.7 Å². The summed E-state index contributed by atoms with van der Waals surface area (Å²) in [5, 5.41) is 42.2. The number of furan rings is 1. The second kappa shape index (κ2) is 45.7. The number of thiazole rings is 1. The average molecular weight is 1140 g/mol. The van der Waals surface area contributed by atoms with Crippen LogP contribution < -0.4 is 0 Å². The van der Waals surface area contributed by atoms with Crippen LogP contribution in [0.1, 0.15) is 72.8 Å². The number of nitrogens with one attached hydrogen (secondary N) is 3. The highest BCUT2D eigenvalue weighted by Crippen LogP contribution is 2.02. The molecule has 3 N–H and O–H groups in total. The van der Waals surface area contributed by atoms with E-state index in [9.17, 15) is 0 Å². The third kappa shape index (κ3) is 43.7. The predicted molar refractivity (Wildman–Crippen MR) is 303 cm³/mol. The van der Waals surface area contributed by atoms with E-state index in [1.807, 2.05) is 122 Å². The van der Waals surface area contributed by atoms with Gasteiger partial charge in [0.2, 0.25) is 5.89 Å². The number of hydrogen-bond acceptors (Lipinski definition) is 24. The van der Waals surface area contributed by atoms with Gasteiger partial charge in [0.15, 0.2) is 18.5 Å². The molecule has 13 aromatic rings. The minimum Gasteiger partial charge on any atom is -0.472 e. The molecule has 0 saturated carbocycles. The van der Waals surface area contributed by atoms with Gasteiger partial charge in [-0.25, -0.2) is 14.3 Å². The van der Waals surface area contributed by atoms with E-state index in [0.29, 0.717) is 5.89 Å². The Balaban J connectivity index is 0.000000422. The van der Waals surface area contributed by atoms with Gasteiger partial charge in [-0.15, -0.1) is 21.5 Å². The van der Waals surface area contributed by atoms with Crippen molar-refractivity contribution in [2.45, 2.75) is 90.0 Å². The average Bonchev–Trinajstić information content (AvgIpc) is 4.23. The molecule has 0 bridgehead atoms. The minimum atomic E-state index is 0.606. The van der Waals surface area contributed by atoms with Crippen molar-refractivity contribution in [1.82, 2.24) is 85.1 Å². The summed E-state index contributed by atoms with van der Waals surface area (Å²) in [4.78, 5) is 18.1. The van der Waals surface area contributed by atoms with Crippen LogP contribution in [0.2, 0.25) is 0 Å². The van der Waals surface area contributed by atoms with E-state index >= 15 is 0 Å². The van der Waals surface area contributed by atoms with Crippen molar-refractivity contribution in [1.29, 1.82) is 0 Å². The molecule has 0 fully saturated rings. The number of H-pyrrole nitrogens is 3. The molecule has 23 nitrogen and oxygen atoms in total. The molecule has 0 atom stereocenters. The fraction of sp³-hybridized carbons (Fsp3) is 0.255. The zero-order valence-electron chi connectivity index (χ0n) is 45.8. The molecule has 0 aliphatic carbocycles. The Morgan fingerprint density at radius 3 is 1.54 bits per heavy atom. The summed E-state index contributed by atoms with van der Waals surface area (Å²) in [6.07, 6.45) is 26.7. The molecule has 0 unspecified atom stereocenters. The molecule has 78 heavy (non-hydrogen) atoms. The highest BCUT2D eigenvalue weighted by atomic mass is 32.1.